The molecule has 2 saturated heterocycles. The van der Waals surface area contributed by atoms with Crippen molar-refractivity contribution in [2.75, 3.05) is 39.8 Å². The highest BCUT2D eigenvalue weighted by molar-refractivity contribution is 5.81. The van der Waals surface area contributed by atoms with Crippen molar-refractivity contribution in [3.8, 4) is 0 Å². The van der Waals surface area contributed by atoms with Crippen LogP contribution in [0, 0.1) is 0 Å². The number of hydrogen-bond donors (Lipinski definition) is 1. The summed E-state index contributed by atoms with van der Waals surface area (Å²) < 4.78 is 6.13. The van der Waals surface area contributed by atoms with Crippen LogP contribution in [0.25, 0.3) is 0 Å². The maximum Gasteiger partial charge on any atom is 0.254 e. The molecule has 33 heavy (non-hydrogen) atoms. The second kappa shape index (κ2) is 11.7. The number of carbonyl (C=O) groups excluding carboxylic acids is 1. The molecule has 2 aliphatic heterocycles. The van der Waals surface area contributed by atoms with Gasteiger partial charge in [0.05, 0.1) is 12.2 Å². The minimum Gasteiger partial charge on any atom is -0.390 e. The number of nitrogens with zero attached hydrogens (tertiary/aromatic N) is 3. The molecule has 0 bridgehead atoms. The molecular formula is C27H37N3O3. The van der Waals surface area contributed by atoms with Crippen LogP contribution in [0.5, 0.6) is 0 Å². The van der Waals surface area contributed by atoms with Crippen LogP contribution in [-0.2, 0) is 22.6 Å². The van der Waals surface area contributed by atoms with E-state index in [0.717, 1.165) is 57.7 Å². The van der Waals surface area contributed by atoms with Crippen LogP contribution in [0.15, 0.2) is 60.7 Å². The third-order valence-electron chi connectivity index (χ3n) is 6.84. The Morgan fingerprint density at radius 2 is 1.55 bits per heavy atom. The quantitative estimate of drug-likeness (QED) is 0.669. The Morgan fingerprint density at radius 3 is 2.21 bits per heavy atom. The second-order valence-corrected chi connectivity index (χ2v) is 9.40. The van der Waals surface area contributed by atoms with E-state index in [2.05, 4.69) is 40.1 Å². The van der Waals surface area contributed by atoms with Gasteiger partial charge in [-0.2, -0.15) is 0 Å². The molecule has 0 saturated carbocycles. The highest BCUT2D eigenvalue weighted by Gasteiger charge is 2.36. The molecule has 6 nitrogen and oxygen atoms in total. The van der Waals surface area contributed by atoms with Crippen molar-refractivity contribution in [3.05, 3.63) is 71.8 Å². The summed E-state index contributed by atoms with van der Waals surface area (Å²) in [6.07, 6.45) is 0.854. The summed E-state index contributed by atoms with van der Waals surface area (Å²) in [6, 6.07) is 20.6. The number of likely N-dealkylation sites (N-methyl/N-ethyl adjacent to an activating group) is 1. The average Bonchev–Trinajstić information content (AvgIpc) is 2.85. The monoisotopic (exact) mass is 451 g/mol. The lowest BCUT2D eigenvalue weighted by Gasteiger charge is -2.38. The Balaban J connectivity index is 1.20. The first-order valence-electron chi connectivity index (χ1n) is 12.2. The van der Waals surface area contributed by atoms with Gasteiger partial charge < -0.3 is 19.6 Å². The number of aliphatic hydroxyl groups is 1. The molecule has 0 aromatic heterocycles. The molecule has 2 aromatic carbocycles. The first kappa shape index (κ1) is 23.9. The van der Waals surface area contributed by atoms with E-state index >= 15 is 0 Å². The Kier molecular flexibility index (Phi) is 8.51. The number of amides is 1. The Labute approximate surface area is 197 Å². The minimum atomic E-state index is -0.764. The van der Waals surface area contributed by atoms with E-state index in [1.54, 1.807) is 11.9 Å². The fourth-order valence-electron chi connectivity index (χ4n) is 4.80. The fourth-order valence-corrected chi connectivity index (χ4v) is 4.80. The van der Waals surface area contributed by atoms with Gasteiger partial charge in [-0.1, -0.05) is 60.7 Å². The second-order valence-electron chi connectivity index (χ2n) is 9.40. The van der Waals surface area contributed by atoms with E-state index in [9.17, 15) is 9.90 Å². The molecule has 2 fully saturated rings. The van der Waals surface area contributed by atoms with Crippen molar-refractivity contribution in [1.29, 1.82) is 0 Å². The smallest absolute Gasteiger partial charge is 0.254 e. The van der Waals surface area contributed by atoms with Gasteiger partial charge >= 0.3 is 0 Å². The number of piperazine rings is 1. The van der Waals surface area contributed by atoms with Gasteiger partial charge in [-0.05, 0) is 30.4 Å². The molecule has 0 unspecified atom stereocenters. The number of carbonyl (C=O) groups is 1. The molecule has 6 heteroatoms. The Bertz CT molecular complexity index is 855. The molecule has 1 amide bonds. The van der Waals surface area contributed by atoms with Gasteiger partial charge in [-0.15, -0.1) is 0 Å². The molecule has 0 radical (unpaired) electrons. The van der Waals surface area contributed by atoms with Crippen LogP contribution in [0.4, 0.5) is 0 Å². The van der Waals surface area contributed by atoms with Crippen LogP contribution >= 0.6 is 0 Å². The largest absolute Gasteiger partial charge is 0.390 e. The molecule has 0 aliphatic carbocycles. The topological polar surface area (TPSA) is 56.2 Å². The van der Waals surface area contributed by atoms with Gasteiger partial charge in [0.2, 0.25) is 0 Å². The Morgan fingerprint density at radius 1 is 0.939 bits per heavy atom. The molecule has 0 spiro atoms. The van der Waals surface area contributed by atoms with Crippen molar-refractivity contribution < 1.29 is 14.6 Å². The van der Waals surface area contributed by atoms with Crippen molar-refractivity contribution in [3.63, 3.8) is 0 Å². The van der Waals surface area contributed by atoms with Gasteiger partial charge in [0.1, 0.15) is 0 Å². The molecule has 2 aromatic rings. The molecule has 4 rings (SSSR count). The summed E-state index contributed by atoms with van der Waals surface area (Å²) in [7, 11) is 1.78. The zero-order chi connectivity index (χ0) is 23.0. The van der Waals surface area contributed by atoms with Crippen molar-refractivity contribution >= 4 is 5.91 Å². The zero-order valence-corrected chi connectivity index (χ0v) is 19.7. The van der Waals surface area contributed by atoms with Gasteiger partial charge in [-0.3, -0.25) is 9.69 Å². The summed E-state index contributed by atoms with van der Waals surface area (Å²) in [5.74, 6) is -0.134. The van der Waals surface area contributed by atoms with E-state index in [1.807, 2.05) is 30.3 Å². The van der Waals surface area contributed by atoms with Gasteiger partial charge in [0.15, 0.2) is 6.10 Å². The van der Waals surface area contributed by atoms with E-state index in [-0.39, 0.29) is 12.0 Å². The van der Waals surface area contributed by atoms with Crippen LogP contribution in [0.2, 0.25) is 0 Å². The lowest BCUT2D eigenvalue weighted by atomic mass is 9.98. The summed E-state index contributed by atoms with van der Waals surface area (Å²) in [4.78, 5) is 19.6. The highest BCUT2D eigenvalue weighted by Crippen LogP contribution is 2.24. The molecular weight excluding hydrogens is 414 g/mol. The zero-order valence-electron chi connectivity index (χ0n) is 19.7. The molecule has 2 heterocycles. The summed E-state index contributed by atoms with van der Waals surface area (Å²) in [5.41, 5.74) is 2.44. The normalized spacial score (nSPS) is 24.5. The average molecular weight is 452 g/mol. The third-order valence-corrected chi connectivity index (χ3v) is 6.84. The number of benzene rings is 2. The predicted molar refractivity (Wildman–Crippen MR) is 130 cm³/mol. The van der Waals surface area contributed by atoms with Crippen LogP contribution in [0.1, 0.15) is 30.4 Å². The number of hydrogen-bond acceptors (Lipinski definition) is 5. The van der Waals surface area contributed by atoms with E-state index < -0.39 is 12.2 Å². The summed E-state index contributed by atoms with van der Waals surface area (Å²) in [6.45, 7) is 6.77. The van der Waals surface area contributed by atoms with Crippen molar-refractivity contribution in [2.45, 2.75) is 50.7 Å². The Hall–Kier alpha value is -2.25. The maximum atomic E-state index is 13.0. The van der Waals surface area contributed by atoms with Crippen molar-refractivity contribution in [1.82, 2.24) is 14.7 Å². The van der Waals surface area contributed by atoms with Crippen LogP contribution in [0.3, 0.4) is 0 Å². The summed E-state index contributed by atoms with van der Waals surface area (Å²) >= 11 is 0. The van der Waals surface area contributed by atoms with E-state index in [0.29, 0.717) is 13.0 Å². The molecule has 2 aliphatic rings. The number of rotatable bonds is 8. The van der Waals surface area contributed by atoms with Gasteiger partial charge in [0.25, 0.3) is 5.91 Å². The van der Waals surface area contributed by atoms with E-state index in [4.69, 9.17) is 4.74 Å². The lowest BCUT2D eigenvalue weighted by molar-refractivity contribution is -0.168. The first-order chi connectivity index (χ1) is 16.1. The molecule has 178 valence electrons. The standard InChI is InChI=1S/C27H37N3O3/c1-28(20-22-8-4-2-5-9-22)27(32)26-25(31)13-12-24(33-26)14-15-29-16-18-30(19-17-29)21-23-10-6-3-7-11-23/h2-11,24-26,31H,12-21H2,1H3/t24-,25-,26+/m0/s1. The number of aliphatic hydroxyl groups excluding tert-OH is 1. The molecule has 3 atom stereocenters. The van der Waals surface area contributed by atoms with Crippen LogP contribution < -0.4 is 0 Å². The number of ether oxygens (including phenoxy) is 1. The van der Waals surface area contributed by atoms with Gasteiger partial charge in [0, 0.05) is 52.9 Å². The summed E-state index contributed by atoms with van der Waals surface area (Å²) in [5, 5.41) is 10.5. The molecule has 1 N–H and O–H groups in total. The lowest BCUT2D eigenvalue weighted by Crippen LogP contribution is -2.50. The SMILES string of the molecule is CN(Cc1ccccc1)C(=O)[C@@H]1O[C@H](CCN2CCN(Cc3ccccc3)CC2)CC[C@@H]1O. The third kappa shape index (κ3) is 6.87. The van der Waals surface area contributed by atoms with Crippen LogP contribution in [-0.4, -0.2) is 83.8 Å². The van der Waals surface area contributed by atoms with E-state index in [1.165, 1.54) is 5.56 Å². The fraction of sp³-hybridized carbons (Fsp3) is 0.519. The first-order valence-corrected chi connectivity index (χ1v) is 12.2. The highest BCUT2D eigenvalue weighted by atomic mass is 16.5. The van der Waals surface area contributed by atoms with Gasteiger partial charge in [-0.25, -0.2) is 0 Å². The maximum absolute atomic E-state index is 13.0. The minimum absolute atomic E-state index is 0.0230. The predicted octanol–water partition coefficient (Wildman–Crippen LogP) is 2.76. The van der Waals surface area contributed by atoms with Crippen molar-refractivity contribution in [2.24, 2.45) is 0 Å².